The molecule has 0 saturated heterocycles. The minimum atomic E-state index is -0.776. The van der Waals surface area contributed by atoms with Crippen molar-refractivity contribution in [3.8, 4) is 5.75 Å². The van der Waals surface area contributed by atoms with Crippen molar-refractivity contribution < 1.29 is 10.2 Å². The average molecular weight is 203 g/mol. The molecule has 2 aromatic rings. The van der Waals surface area contributed by atoms with Crippen molar-refractivity contribution in [3.05, 3.63) is 29.5 Å². The molecule has 0 bridgehead atoms. The van der Waals surface area contributed by atoms with Gasteiger partial charge in [-0.1, -0.05) is 6.07 Å². The molecule has 3 N–H and O–H groups in total. The summed E-state index contributed by atoms with van der Waals surface area (Å²) < 4.78 is 0. The zero-order chi connectivity index (χ0) is 10.6. The van der Waals surface area contributed by atoms with Crippen LogP contribution >= 0.6 is 0 Å². The normalized spacial score (nSPS) is 18.3. The highest BCUT2D eigenvalue weighted by Crippen LogP contribution is 2.50. The van der Waals surface area contributed by atoms with Crippen molar-refractivity contribution in [1.29, 1.82) is 0 Å². The summed E-state index contributed by atoms with van der Waals surface area (Å²) in [7, 11) is 0. The number of fused-ring (bicyclic) bond motifs is 1. The number of hydrogen-bond donors (Lipinski definition) is 3. The van der Waals surface area contributed by atoms with E-state index in [-0.39, 0.29) is 5.75 Å². The molecule has 0 radical (unpaired) electrons. The maximum atomic E-state index is 10.1. The van der Waals surface area contributed by atoms with Crippen LogP contribution in [0.4, 0.5) is 0 Å². The summed E-state index contributed by atoms with van der Waals surface area (Å²) in [5.74, 6) is 0.228. The fraction of sp³-hybridized carbons (Fsp3) is 0.333. The molecule has 1 aliphatic rings. The third kappa shape index (κ3) is 1.10. The number of aromatic nitrogens is 1. The van der Waals surface area contributed by atoms with Gasteiger partial charge >= 0.3 is 0 Å². The lowest BCUT2D eigenvalue weighted by Crippen LogP contribution is -2.04. The van der Waals surface area contributed by atoms with Gasteiger partial charge in [-0.3, -0.25) is 0 Å². The number of aromatic hydroxyl groups is 1. The molecule has 3 nitrogen and oxygen atoms in total. The molecule has 0 spiro atoms. The second kappa shape index (κ2) is 2.55. The maximum absolute atomic E-state index is 10.1. The number of aromatic amines is 1. The molecule has 1 saturated carbocycles. The number of phenols is 1. The van der Waals surface area contributed by atoms with Crippen LogP contribution in [0.3, 0.4) is 0 Å². The van der Waals surface area contributed by atoms with E-state index in [1.54, 1.807) is 6.07 Å². The van der Waals surface area contributed by atoms with Gasteiger partial charge < -0.3 is 15.2 Å². The zero-order valence-electron chi connectivity index (χ0n) is 8.54. The van der Waals surface area contributed by atoms with E-state index in [2.05, 4.69) is 4.98 Å². The molecule has 0 aliphatic heterocycles. The van der Waals surface area contributed by atoms with E-state index in [4.69, 9.17) is 0 Å². The molecule has 0 atom stereocenters. The highest BCUT2D eigenvalue weighted by molar-refractivity contribution is 5.90. The van der Waals surface area contributed by atoms with Crippen LogP contribution in [0.1, 0.15) is 24.0 Å². The van der Waals surface area contributed by atoms with E-state index >= 15 is 0 Å². The number of H-pyrrole nitrogens is 1. The third-order valence-electron chi connectivity index (χ3n) is 3.24. The summed E-state index contributed by atoms with van der Waals surface area (Å²) >= 11 is 0. The average Bonchev–Trinajstić information content (AvgIpc) is 2.82. The number of aryl methyl sites for hydroxylation is 1. The monoisotopic (exact) mass is 203 g/mol. The minimum Gasteiger partial charge on any atom is -0.507 e. The molecule has 3 heteroatoms. The van der Waals surface area contributed by atoms with Gasteiger partial charge in [0.05, 0.1) is 5.60 Å². The van der Waals surface area contributed by atoms with Gasteiger partial charge in [-0.2, -0.15) is 0 Å². The second-order valence-corrected chi connectivity index (χ2v) is 4.39. The quantitative estimate of drug-likeness (QED) is 0.665. The first-order valence-electron chi connectivity index (χ1n) is 5.14. The smallest absolute Gasteiger partial charge is 0.131 e. The summed E-state index contributed by atoms with van der Waals surface area (Å²) in [5.41, 5.74) is 1.81. The SMILES string of the molecule is Cc1c[nH]c2ccc(C3(O)CC3)c(O)c12. The van der Waals surface area contributed by atoms with Crippen LogP contribution < -0.4 is 0 Å². The van der Waals surface area contributed by atoms with Crippen molar-refractivity contribution in [2.24, 2.45) is 0 Å². The summed E-state index contributed by atoms with van der Waals surface area (Å²) in [4.78, 5) is 3.09. The fourth-order valence-electron chi connectivity index (χ4n) is 2.13. The van der Waals surface area contributed by atoms with Gasteiger partial charge in [-0.25, -0.2) is 0 Å². The topological polar surface area (TPSA) is 56.2 Å². The summed E-state index contributed by atoms with van der Waals surface area (Å²) in [6, 6.07) is 3.72. The van der Waals surface area contributed by atoms with Gasteiger partial charge in [0.25, 0.3) is 0 Å². The summed E-state index contributed by atoms with van der Waals surface area (Å²) in [6.45, 7) is 1.94. The third-order valence-corrected chi connectivity index (χ3v) is 3.24. The number of phenolic OH excluding ortho intramolecular Hbond substituents is 1. The Bertz CT molecular complexity index is 538. The molecule has 1 fully saturated rings. The Morgan fingerprint density at radius 1 is 1.33 bits per heavy atom. The van der Waals surface area contributed by atoms with Crippen molar-refractivity contribution in [2.45, 2.75) is 25.4 Å². The van der Waals surface area contributed by atoms with Crippen molar-refractivity contribution >= 4 is 10.9 Å². The van der Waals surface area contributed by atoms with Crippen molar-refractivity contribution in [2.75, 3.05) is 0 Å². The molecule has 1 aliphatic carbocycles. The Hall–Kier alpha value is -1.48. The Balaban J connectivity index is 2.33. The van der Waals surface area contributed by atoms with E-state index in [0.717, 1.165) is 29.3 Å². The summed E-state index contributed by atoms with van der Waals surface area (Å²) in [6.07, 6.45) is 3.36. The standard InChI is InChI=1S/C12H13NO2/c1-7-6-13-9-3-2-8(11(14)10(7)9)12(15)4-5-12/h2-3,6,13-15H,4-5H2,1H3. The van der Waals surface area contributed by atoms with Crippen molar-refractivity contribution in [3.63, 3.8) is 0 Å². The van der Waals surface area contributed by atoms with E-state index in [1.807, 2.05) is 19.2 Å². The van der Waals surface area contributed by atoms with Gasteiger partial charge in [0.2, 0.25) is 0 Å². The van der Waals surface area contributed by atoms with Crippen LogP contribution in [0.25, 0.3) is 10.9 Å². The van der Waals surface area contributed by atoms with Crippen molar-refractivity contribution in [1.82, 2.24) is 4.98 Å². The number of hydrogen-bond acceptors (Lipinski definition) is 2. The number of nitrogens with one attached hydrogen (secondary N) is 1. The first kappa shape index (κ1) is 8.80. The lowest BCUT2D eigenvalue weighted by molar-refractivity contribution is 0.148. The number of rotatable bonds is 1. The van der Waals surface area contributed by atoms with Crippen LogP contribution in [-0.4, -0.2) is 15.2 Å². The predicted molar refractivity (Wildman–Crippen MR) is 57.8 cm³/mol. The number of benzene rings is 1. The van der Waals surface area contributed by atoms with Crippen LogP contribution in [0, 0.1) is 6.92 Å². The molecule has 78 valence electrons. The lowest BCUT2D eigenvalue weighted by atomic mass is 10.0. The van der Waals surface area contributed by atoms with Gasteiger partial charge in [0, 0.05) is 22.7 Å². The molecule has 1 heterocycles. The molecule has 0 amide bonds. The molecular weight excluding hydrogens is 190 g/mol. The first-order valence-corrected chi connectivity index (χ1v) is 5.14. The first-order chi connectivity index (χ1) is 7.12. The van der Waals surface area contributed by atoms with Gasteiger partial charge in [-0.05, 0) is 31.4 Å². The van der Waals surface area contributed by atoms with Gasteiger partial charge in [-0.15, -0.1) is 0 Å². The molecule has 15 heavy (non-hydrogen) atoms. The molecule has 3 rings (SSSR count). The van der Waals surface area contributed by atoms with Crippen LogP contribution in [0.5, 0.6) is 5.75 Å². The van der Waals surface area contributed by atoms with Gasteiger partial charge in [0.15, 0.2) is 0 Å². The Morgan fingerprint density at radius 2 is 2.07 bits per heavy atom. The van der Waals surface area contributed by atoms with E-state index < -0.39 is 5.60 Å². The maximum Gasteiger partial charge on any atom is 0.131 e. The van der Waals surface area contributed by atoms with Crippen LogP contribution in [-0.2, 0) is 5.60 Å². The Labute approximate surface area is 87.4 Å². The minimum absolute atomic E-state index is 0.228. The molecule has 0 unspecified atom stereocenters. The lowest BCUT2D eigenvalue weighted by Gasteiger charge is -2.11. The molecular formula is C12H13NO2. The van der Waals surface area contributed by atoms with E-state index in [9.17, 15) is 10.2 Å². The Morgan fingerprint density at radius 3 is 2.73 bits per heavy atom. The predicted octanol–water partition coefficient (Wildman–Crippen LogP) is 2.16. The Kier molecular flexibility index (Phi) is 1.50. The second-order valence-electron chi connectivity index (χ2n) is 4.39. The highest BCUT2D eigenvalue weighted by atomic mass is 16.3. The van der Waals surface area contributed by atoms with E-state index in [0.29, 0.717) is 5.56 Å². The zero-order valence-corrected chi connectivity index (χ0v) is 8.54. The number of aliphatic hydroxyl groups is 1. The highest BCUT2D eigenvalue weighted by Gasteiger charge is 2.44. The largest absolute Gasteiger partial charge is 0.507 e. The van der Waals surface area contributed by atoms with E-state index in [1.165, 1.54) is 0 Å². The molecule has 1 aromatic heterocycles. The summed E-state index contributed by atoms with van der Waals surface area (Å²) in [5, 5.41) is 20.9. The van der Waals surface area contributed by atoms with Crippen LogP contribution in [0.2, 0.25) is 0 Å². The molecule has 1 aromatic carbocycles. The van der Waals surface area contributed by atoms with Gasteiger partial charge in [0.1, 0.15) is 5.75 Å². The van der Waals surface area contributed by atoms with Crippen LogP contribution in [0.15, 0.2) is 18.3 Å². The fourth-order valence-corrected chi connectivity index (χ4v) is 2.13.